The van der Waals surface area contributed by atoms with Gasteiger partial charge in [-0.25, -0.2) is 15.0 Å². The number of aromatic nitrogens is 3. The monoisotopic (exact) mass is 265 g/mol. The number of aryl methyl sites for hydroxylation is 1. The fourth-order valence-corrected chi connectivity index (χ4v) is 2.07. The molecule has 2 rings (SSSR count). The smallest absolute Gasteiger partial charge is 0.155 e. The number of thiazole rings is 1. The van der Waals surface area contributed by atoms with Crippen molar-refractivity contribution in [1.29, 1.82) is 0 Å². The predicted octanol–water partition coefficient (Wildman–Crippen LogP) is 1.49. The lowest BCUT2D eigenvalue weighted by atomic mass is 10.4. The molecule has 0 aliphatic carbocycles. The van der Waals surface area contributed by atoms with Crippen molar-refractivity contribution >= 4 is 34.4 Å². The van der Waals surface area contributed by atoms with E-state index >= 15 is 0 Å². The Morgan fingerprint density at radius 3 is 2.88 bits per heavy atom. The second-order valence-corrected chi connectivity index (χ2v) is 4.83. The number of nitrogens with two attached hydrogens (primary N) is 1. The van der Waals surface area contributed by atoms with E-state index in [4.69, 9.17) is 18.0 Å². The summed E-state index contributed by atoms with van der Waals surface area (Å²) in [5, 5.41) is 6.16. The normalized spacial score (nSPS) is 10.2. The first kappa shape index (κ1) is 11.9. The lowest BCUT2D eigenvalue weighted by Gasteiger charge is -2.07. The van der Waals surface area contributed by atoms with Crippen LogP contribution in [0.15, 0.2) is 17.8 Å². The molecule has 3 N–H and O–H groups in total. The number of hydrogen-bond acceptors (Lipinski definition) is 6. The van der Waals surface area contributed by atoms with Gasteiger partial charge in [-0.2, -0.15) is 0 Å². The fraction of sp³-hybridized carbons (Fsp3) is 0.200. The van der Waals surface area contributed by atoms with Crippen LogP contribution in [0.3, 0.4) is 0 Å². The zero-order valence-corrected chi connectivity index (χ0v) is 10.8. The van der Waals surface area contributed by atoms with E-state index in [0.29, 0.717) is 18.1 Å². The maximum absolute atomic E-state index is 5.56. The molecule has 0 aromatic carbocycles. The third kappa shape index (κ3) is 2.95. The summed E-state index contributed by atoms with van der Waals surface area (Å²) in [5.41, 5.74) is 7.04. The molecule has 0 aliphatic heterocycles. The zero-order chi connectivity index (χ0) is 12.3. The highest BCUT2D eigenvalue weighted by Gasteiger charge is 2.07. The highest BCUT2D eigenvalue weighted by Crippen LogP contribution is 2.12. The van der Waals surface area contributed by atoms with Crippen LogP contribution in [0.1, 0.15) is 16.4 Å². The second-order valence-electron chi connectivity index (χ2n) is 3.33. The van der Waals surface area contributed by atoms with Gasteiger partial charge in [-0.05, 0) is 6.92 Å². The molecule has 0 spiro atoms. The van der Waals surface area contributed by atoms with Gasteiger partial charge in [0, 0.05) is 17.8 Å². The van der Waals surface area contributed by atoms with Gasteiger partial charge in [-0.1, -0.05) is 12.2 Å². The molecule has 7 heteroatoms. The molecule has 0 aliphatic rings. The molecule has 0 fully saturated rings. The highest BCUT2D eigenvalue weighted by molar-refractivity contribution is 7.80. The topological polar surface area (TPSA) is 76.7 Å². The molecule has 0 saturated heterocycles. The zero-order valence-electron chi connectivity index (χ0n) is 9.17. The van der Waals surface area contributed by atoms with Gasteiger partial charge in [-0.3, -0.25) is 0 Å². The summed E-state index contributed by atoms with van der Waals surface area (Å²) in [5.74, 6) is 0.589. The molecule has 0 saturated carbocycles. The van der Waals surface area contributed by atoms with E-state index in [1.807, 2.05) is 12.3 Å². The number of anilines is 1. The van der Waals surface area contributed by atoms with Gasteiger partial charge >= 0.3 is 0 Å². The van der Waals surface area contributed by atoms with Crippen LogP contribution in [0.4, 0.5) is 5.82 Å². The van der Waals surface area contributed by atoms with Crippen LogP contribution >= 0.6 is 23.6 Å². The van der Waals surface area contributed by atoms with Crippen LogP contribution in [-0.2, 0) is 6.54 Å². The van der Waals surface area contributed by atoms with Crippen LogP contribution in [-0.4, -0.2) is 19.9 Å². The lowest BCUT2D eigenvalue weighted by Crippen LogP contribution is -2.16. The number of nitrogens with zero attached hydrogens (tertiary/aromatic N) is 3. The van der Waals surface area contributed by atoms with E-state index in [1.54, 1.807) is 23.7 Å². The number of rotatable bonds is 4. The molecular formula is C10H11N5S2. The van der Waals surface area contributed by atoms with Gasteiger partial charge in [0.15, 0.2) is 5.82 Å². The first-order chi connectivity index (χ1) is 8.16. The van der Waals surface area contributed by atoms with Crippen molar-refractivity contribution in [2.45, 2.75) is 13.5 Å². The maximum Gasteiger partial charge on any atom is 0.155 e. The van der Waals surface area contributed by atoms with Crippen LogP contribution in [0.25, 0.3) is 0 Å². The number of nitrogens with one attached hydrogen (secondary N) is 1. The van der Waals surface area contributed by atoms with Gasteiger partial charge < -0.3 is 11.1 Å². The largest absolute Gasteiger partial charge is 0.388 e. The quantitative estimate of drug-likeness (QED) is 0.816. The van der Waals surface area contributed by atoms with Gasteiger partial charge in [-0.15, -0.1) is 11.3 Å². The molecule has 2 heterocycles. The summed E-state index contributed by atoms with van der Waals surface area (Å²) < 4.78 is 0. The first-order valence-electron chi connectivity index (χ1n) is 4.92. The first-order valence-corrected chi connectivity index (χ1v) is 6.21. The summed E-state index contributed by atoms with van der Waals surface area (Å²) in [4.78, 5) is 12.8. The molecule has 0 amide bonds. The molecule has 17 heavy (non-hydrogen) atoms. The molecule has 2 aromatic heterocycles. The van der Waals surface area contributed by atoms with E-state index in [2.05, 4.69) is 20.3 Å². The van der Waals surface area contributed by atoms with E-state index in [9.17, 15) is 0 Å². The SMILES string of the molecule is Cc1nc(CNc2nccnc2C(N)=S)cs1. The molecule has 0 atom stereocenters. The average Bonchev–Trinajstić information content (AvgIpc) is 2.73. The number of hydrogen-bond donors (Lipinski definition) is 2. The minimum Gasteiger partial charge on any atom is -0.388 e. The molecule has 0 unspecified atom stereocenters. The third-order valence-corrected chi connectivity index (χ3v) is 3.05. The number of thiocarbonyl (C=S) groups is 1. The summed E-state index contributed by atoms with van der Waals surface area (Å²) in [6.45, 7) is 2.55. The minimum atomic E-state index is 0.232. The average molecular weight is 265 g/mol. The lowest BCUT2D eigenvalue weighted by molar-refractivity contribution is 1.02. The minimum absolute atomic E-state index is 0.232. The third-order valence-electron chi connectivity index (χ3n) is 2.04. The van der Waals surface area contributed by atoms with Crippen molar-refractivity contribution in [3.05, 3.63) is 34.2 Å². The van der Waals surface area contributed by atoms with Crippen LogP contribution < -0.4 is 11.1 Å². The summed E-state index contributed by atoms with van der Waals surface area (Å²) >= 11 is 6.52. The van der Waals surface area contributed by atoms with Gasteiger partial charge in [0.2, 0.25) is 0 Å². The summed E-state index contributed by atoms with van der Waals surface area (Å²) in [7, 11) is 0. The van der Waals surface area contributed by atoms with Crippen molar-refractivity contribution in [2.24, 2.45) is 5.73 Å². The Balaban J connectivity index is 2.11. The molecular weight excluding hydrogens is 254 g/mol. The van der Waals surface area contributed by atoms with Crippen molar-refractivity contribution in [3.8, 4) is 0 Å². The molecule has 0 radical (unpaired) electrons. The van der Waals surface area contributed by atoms with Gasteiger partial charge in [0.1, 0.15) is 10.7 Å². The van der Waals surface area contributed by atoms with Crippen molar-refractivity contribution in [1.82, 2.24) is 15.0 Å². The Bertz CT molecular complexity index is 537. The Morgan fingerprint density at radius 2 is 2.24 bits per heavy atom. The van der Waals surface area contributed by atoms with Crippen molar-refractivity contribution in [2.75, 3.05) is 5.32 Å². The standard InChI is InChI=1S/C10H11N5S2/c1-6-15-7(5-17-6)4-14-10-8(9(11)16)12-2-3-13-10/h2-3,5H,4H2,1H3,(H2,11,16)(H,13,14). The molecule has 5 nitrogen and oxygen atoms in total. The Labute approximate surface area is 108 Å². The van der Waals surface area contributed by atoms with Crippen molar-refractivity contribution < 1.29 is 0 Å². The van der Waals surface area contributed by atoms with E-state index in [-0.39, 0.29) is 4.99 Å². The fourth-order valence-electron chi connectivity index (χ4n) is 1.31. The maximum atomic E-state index is 5.56. The van der Waals surface area contributed by atoms with Crippen LogP contribution in [0.5, 0.6) is 0 Å². The molecule has 88 valence electrons. The Morgan fingerprint density at radius 1 is 1.47 bits per heavy atom. The van der Waals surface area contributed by atoms with E-state index in [0.717, 1.165) is 10.7 Å². The Kier molecular flexibility index (Phi) is 3.60. The Hall–Kier alpha value is -1.60. The molecule has 0 bridgehead atoms. The summed E-state index contributed by atoms with van der Waals surface area (Å²) in [6, 6.07) is 0. The van der Waals surface area contributed by atoms with Crippen LogP contribution in [0.2, 0.25) is 0 Å². The van der Waals surface area contributed by atoms with Gasteiger partial charge in [0.05, 0.1) is 17.2 Å². The second kappa shape index (κ2) is 5.15. The summed E-state index contributed by atoms with van der Waals surface area (Å²) in [6.07, 6.45) is 3.16. The van der Waals surface area contributed by atoms with E-state index in [1.165, 1.54) is 0 Å². The predicted molar refractivity (Wildman–Crippen MR) is 72.1 cm³/mol. The van der Waals surface area contributed by atoms with Crippen LogP contribution in [0, 0.1) is 6.92 Å². The van der Waals surface area contributed by atoms with Gasteiger partial charge in [0.25, 0.3) is 0 Å². The molecule has 2 aromatic rings. The van der Waals surface area contributed by atoms with E-state index < -0.39 is 0 Å². The highest BCUT2D eigenvalue weighted by atomic mass is 32.1. The van der Waals surface area contributed by atoms with Crippen molar-refractivity contribution in [3.63, 3.8) is 0 Å².